The van der Waals surface area contributed by atoms with E-state index < -0.39 is 11.2 Å². The van der Waals surface area contributed by atoms with Crippen LogP contribution in [-0.2, 0) is 0 Å². The molecule has 0 saturated heterocycles. The summed E-state index contributed by atoms with van der Waals surface area (Å²) < 4.78 is 0. The zero-order valence-electron chi connectivity index (χ0n) is 3.44. The maximum absolute atomic E-state index is 9.44. The van der Waals surface area contributed by atoms with Crippen LogP contribution >= 0.6 is 12.6 Å². The van der Waals surface area contributed by atoms with Gasteiger partial charge in [-0.15, -0.1) is 0 Å². The number of thiol groups is 1. The summed E-state index contributed by atoms with van der Waals surface area (Å²) in [5, 5.41) is 17.6. The number of nitro groups is 1. The second-order valence-electron chi connectivity index (χ2n) is 0.949. The molecule has 0 radical (unpaired) electrons. The third-order valence-corrected chi connectivity index (χ3v) is 0.733. The summed E-state index contributed by atoms with van der Waals surface area (Å²) in [5.41, 5.74) is 0. The van der Waals surface area contributed by atoms with Crippen LogP contribution in [0, 0.1) is 10.1 Å². The van der Waals surface area contributed by atoms with Crippen LogP contribution in [0.5, 0.6) is 0 Å². The van der Waals surface area contributed by atoms with Crippen molar-refractivity contribution >= 4 is 12.6 Å². The summed E-state index contributed by atoms with van der Waals surface area (Å²) in [6, 6.07) is 0. The standard InChI is InChI=1S/C2H5NO3S/c4-2(1-7)3(5)6/h2,4,7H,1H2. The van der Waals surface area contributed by atoms with Gasteiger partial charge in [-0.1, -0.05) is 0 Å². The molecule has 0 rings (SSSR count). The molecule has 0 bridgehead atoms. The van der Waals surface area contributed by atoms with E-state index in [1.807, 2.05) is 0 Å². The lowest BCUT2D eigenvalue weighted by Gasteiger charge is -1.93. The lowest BCUT2D eigenvalue weighted by atomic mass is 10.7. The van der Waals surface area contributed by atoms with E-state index in [9.17, 15) is 10.1 Å². The molecule has 0 aromatic heterocycles. The Kier molecular flexibility index (Phi) is 2.70. The van der Waals surface area contributed by atoms with Crippen molar-refractivity contribution in [2.45, 2.75) is 6.23 Å². The van der Waals surface area contributed by atoms with Crippen LogP contribution in [0.3, 0.4) is 0 Å². The van der Waals surface area contributed by atoms with Crippen LogP contribution in [0.2, 0.25) is 0 Å². The number of aliphatic hydroxyl groups excluding tert-OH is 1. The molecule has 0 amide bonds. The van der Waals surface area contributed by atoms with Crippen LogP contribution < -0.4 is 0 Å². The number of aliphatic hydroxyl groups is 1. The van der Waals surface area contributed by atoms with Gasteiger partial charge in [0.2, 0.25) is 0 Å². The van der Waals surface area contributed by atoms with Gasteiger partial charge in [0, 0.05) is 0 Å². The molecule has 0 fully saturated rings. The normalized spacial score (nSPS) is 13.4. The summed E-state index contributed by atoms with van der Waals surface area (Å²) in [6.07, 6.45) is -1.51. The maximum Gasteiger partial charge on any atom is 0.321 e. The fourth-order valence-corrected chi connectivity index (χ4v) is 0.200. The smallest absolute Gasteiger partial charge is 0.321 e. The Bertz CT molecular complexity index is 75.3. The Morgan fingerprint density at radius 1 is 2.00 bits per heavy atom. The number of rotatable bonds is 2. The van der Waals surface area contributed by atoms with E-state index in [0.717, 1.165) is 0 Å². The summed E-state index contributed by atoms with van der Waals surface area (Å²) >= 11 is 3.46. The number of nitrogens with zero attached hydrogens (tertiary/aromatic N) is 1. The van der Waals surface area contributed by atoms with Gasteiger partial charge in [-0.25, -0.2) is 0 Å². The lowest BCUT2D eigenvalue weighted by Crippen LogP contribution is -2.19. The predicted molar refractivity (Wildman–Crippen MR) is 26.9 cm³/mol. The molecule has 42 valence electrons. The van der Waals surface area contributed by atoms with Crippen molar-refractivity contribution in [1.82, 2.24) is 0 Å². The number of hydrogen-bond donors (Lipinski definition) is 2. The first kappa shape index (κ1) is 6.71. The SMILES string of the molecule is O=[N+]([O-])C(O)CS. The van der Waals surface area contributed by atoms with Gasteiger partial charge in [-0.05, 0) is 0 Å². The maximum atomic E-state index is 9.44. The second-order valence-corrected chi connectivity index (χ2v) is 1.31. The van der Waals surface area contributed by atoms with E-state index in [1.165, 1.54) is 0 Å². The molecule has 1 atom stereocenters. The van der Waals surface area contributed by atoms with Gasteiger partial charge in [0.15, 0.2) is 0 Å². The molecule has 0 aliphatic rings. The van der Waals surface area contributed by atoms with Crippen molar-refractivity contribution in [2.24, 2.45) is 0 Å². The van der Waals surface area contributed by atoms with Crippen molar-refractivity contribution in [3.8, 4) is 0 Å². The third-order valence-electron chi connectivity index (χ3n) is 0.407. The van der Waals surface area contributed by atoms with Crippen molar-refractivity contribution in [1.29, 1.82) is 0 Å². The molecule has 1 N–H and O–H groups in total. The van der Waals surface area contributed by atoms with Gasteiger partial charge in [-0.2, -0.15) is 12.6 Å². The molecule has 0 spiro atoms. The average Bonchev–Trinajstić information content (AvgIpc) is 1.65. The molecule has 0 aromatic carbocycles. The predicted octanol–water partition coefficient (Wildman–Crippen LogP) is -0.489. The summed E-state index contributed by atoms with van der Waals surface area (Å²) in [5.74, 6) is -0.132. The van der Waals surface area contributed by atoms with E-state index in [2.05, 4.69) is 12.6 Å². The average molecular weight is 123 g/mol. The van der Waals surface area contributed by atoms with Crippen LogP contribution in [0.4, 0.5) is 0 Å². The lowest BCUT2D eigenvalue weighted by molar-refractivity contribution is -0.563. The summed E-state index contributed by atoms with van der Waals surface area (Å²) in [7, 11) is 0. The van der Waals surface area contributed by atoms with E-state index in [1.54, 1.807) is 0 Å². The molecule has 0 aliphatic heterocycles. The van der Waals surface area contributed by atoms with Crippen molar-refractivity contribution in [2.75, 3.05) is 5.75 Å². The Balaban J connectivity index is 3.34. The van der Waals surface area contributed by atoms with Crippen molar-refractivity contribution in [3.63, 3.8) is 0 Å². The monoisotopic (exact) mass is 123 g/mol. The highest BCUT2D eigenvalue weighted by molar-refractivity contribution is 7.80. The van der Waals surface area contributed by atoms with Crippen molar-refractivity contribution < 1.29 is 10.0 Å². The molecule has 0 heterocycles. The minimum Gasteiger partial charge on any atom is -0.332 e. The molecule has 5 heteroatoms. The van der Waals surface area contributed by atoms with Gasteiger partial charge in [0.25, 0.3) is 0 Å². The zero-order chi connectivity index (χ0) is 5.86. The van der Waals surface area contributed by atoms with Crippen molar-refractivity contribution in [3.05, 3.63) is 10.1 Å². The molecular weight excluding hydrogens is 118 g/mol. The fraction of sp³-hybridized carbons (Fsp3) is 1.00. The largest absolute Gasteiger partial charge is 0.332 e. The molecule has 0 saturated carbocycles. The summed E-state index contributed by atoms with van der Waals surface area (Å²) in [4.78, 5) is 8.64. The first-order valence-electron chi connectivity index (χ1n) is 1.61. The van der Waals surface area contributed by atoms with Gasteiger partial charge in [0.1, 0.15) is 0 Å². The third kappa shape index (κ3) is 2.41. The zero-order valence-corrected chi connectivity index (χ0v) is 4.34. The van der Waals surface area contributed by atoms with Crippen LogP contribution in [-0.4, -0.2) is 22.0 Å². The Morgan fingerprint density at radius 3 is 2.43 bits per heavy atom. The van der Waals surface area contributed by atoms with E-state index in [-0.39, 0.29) is 5.75 Å². The highest BCUT2D eigenvalue weighted by Gasteiger charge is 2.09. The molecular formula is C2H5NO3S. The highest BCUT2D eigenvalue weighted by Crippen LogP contribution is 1.84. The van der Waals surface area contributed by atoms with Gasteiger partial charge >= 0.3 is 6.23 Å². The highest BCUT2D eigenvalue weighted by atomic mass is 32.1. The Morgan fingerprint density at radius 2 is 2.43 bits per heavy atom. The number of hydrogen-bond acceptors (Lipinski definition) is 4. The Labute approximate surface area is 45.7 Å². The van der Waals surface area contributed by atoms with Crippen LogP contribution in [0.1, 0.15) is 0 Å². The molecule has 7 heavy (non-hydrogen) atoms. The Hall–Kier alpha value is -0.290. The molecule has 1 unspecified atom stereocenters. The van der Waals surface area contributed by atoms with E-state index in [0.29, 0.717) is 0 Å². The van der Waals surface area contributed by atoms with Gasteiger partial charge < -0.3 is 5.11 Å². The van der Waals surface area contributed by atoms with E-state index >= 15 is 0 Å². The van der Waals surface area contributed by atoms with Gasteiger partial charge in [0.05, 0.1) is 10.7 Å². The first-order chi connectivity index (χ1) is 3.18. The summed E-state index contributed by atoms with van der Waals surface area (Å²) in [6.45, 7) is 0. The van der Waals surface area contributed by atoms with Crippen LogP contribution in [0.15, 0.2) is 0 Å². The molecule has 0 aromatic rings. The van der Waals surface area contributed by atoms with Crippen LogP contribution in [0.25, 0.3) is 0 Å². The minimum absolute atomic E-state index is 0.132. The molecule has 0 aliphatic carbocycles. The van der Waals surface area contributed by atoms with E-state index in [4.69, 9.17) is 5.11 Å². The van der Waals surface area contributed by atoms with Gasteiger partial charge in [-0.3, -0.25) is 10.1 Å². The quantitative estimate of drug-likeness (QED) is 0.225. The first-order valence-corrected chi connectivity index (χ1v) is 2.24. The molecule has 4 nitrogen and oxygen atoms in total. The fourth-order valence-electron chi connectivity index (χ4n) is 0.0667. The minimum atomic E-state index is -1.51. The second kappa shape index (κ2) is 2.81. The topological polar surface area (TPSA) is 63.4 Å².